The molecule has 0 unspecified atom stereocenters. The fourth-order valence-electron chi connectivity index (χ4n) is 3.79. The lowest BCUT2D eigenvalue weighted by molar-refractivity contribution is -0.384. The van der Waals surface area contributed by atoms with E-state index < -0.39 is 14.9 Å². The zero-order chi connectivity index (χ0) is 24.7. The topological polar surface area (TPSA) is 114 Å². The van der Waals surface area contributed by atoms with Crippen LogP contribution in [0, 0.1) is 10.1 Å². The second kappa shape index (κ2) is 11.5. The molecule has 11 heteroatoms. The summed E-state index contributed by atoms with van der Waals surface area (Å²) in [6, 6.07) is 11.6. The summed E-state index contributed by atoms with van der Waals surface area (Å²) in [5.41, 5.74) is 0.182. The Balaban J connectivity index is 1.69. The Labute approximate surface area is 200 Å². The molecule has 1 aliphatic rings. The molecule has 0 saturated carbocycles. The van der Waals surface area contributed by atoms with E-state index in [1.165, 1.54) is 12.1 Å². The standard InChI is InChI=1S/C23H32N4O6S/c1-4-32-22-7-5-6-8-23(22)33-18-11-14-26(15-12-18)20-10-9-19(17-21(20)27(28)29)34(30,31)24-13-16-25(2)3/h5-10,17-18,24H,4,11-16H2,1-3H3. The zero-order valence-electron chi connectivity index (χ0n) is 19.8. The number of hydrogen-bond acceptors (Lipinski definition) is 8. The van der Waals surface area contributed by atoms with Crippen LogP contribution >= 0.6 is 0 Å². The van der Waals surface area contributed by atoms with Gasteiger partial charge in [-0.05, 0) is 45.3 Å². The second-order valence-electron chi connectivity index (χ2n) is 8.29. The van der Waals surface area contributed by atoms with Crippen LogP contribution in [0.5, 0.6) is 11.5 Å². The highest BCUT2D eigenvalue weighted by Crippen LogP contribution is 2.34. The molecule has 34 heavy (non-hydrogen) atoms. The third-order valence-corrected chi connectivity index (χ3v) is 6.99. The molecule has 0 aromatic heterocycles. The smallest absolute Gasteiger partial charge is 0.293 e. The molecule has 1 fully saturated rings. The molecule has 2 aromatic rings. The van der Waals surface area contributed by atoms with Gasteiger partial charge in [0.25, 0.3) is 5.69 Å². The number of hydrogen-bond donors (Lipinski definition) is 1. The molecule has 0 aliphatic carbocycles. The van der Waals surface area contributed by atoms with E-state index in [1.807, 2.05) is 55.1 Å². The molecular weight excluding hydrogens is 460 g/mol. The molecule has 0 radical (unpaired) electrons. The average Bonchev–Trinajstić information content (AvgIpc) is 2.80. The van der Waals surface area contributed by atoms with Crippen molar-refractivity contribution in [2.75, 3.05) is 51.8 Å². The summed E-state index contributed by atoms with van der Waals surface area (Å²) in [6.07, 6.45) is 1.30. The van der Waals surface area contributed by atoms with Crippen LogP contribution in [0.1, 0.15) is 19.8 Å². The van der Waals surface area contributed by atoms with Crippen LogP contribution in [0.15, 0.2) is 47.4 Å². The number of rotatable bonds is 11. The highest BCUT2D eigenvalue weighted by atomic mass is 32.2. The van der Waals surface area contributed by atoms with E-state index in [4.69, 9.17) is 9.47 Å². The third-order valence-electron chi connectivity index (χ3n) is 5.53. The normalized spacial score (nSPS) is 14.9. The predicted molar refractivity (Wildman–Crippen MR) is 130 cm³/mol. The van der Waals surface area contributed by atoms with Crippen LogP contribution in [0.2, 0.25) is 0 Å². The molecule has 2 aromatic carbocycles. The highest BCUT2D eigenvalue weighted by Gasteiger charge is 2.28. The van der Waals surface area contributed by atoms with Gasteiger partial charge >= 0.3 is 0 Å². The van der Waals surface area contributed by atoms with E-state index >= 15 is 0 Å². The minimum Gasteiger partial charge on any atom is -0.490 e. The summed E-state index contributed by atoms with van der Waals surface area (Å²) in [4.78, 5) is 14.9. The largest absolute Gasteiger partial charge is 0.490 e. The predicted octanol–water partition coefficient (Wildman–Crippen LogP) is 2.88. The molecular formula is C23H32N4O6S. The number of ether oxygens (including phenoxy) is 2. The number of anilines is 1. The maximum atomic E-state index is 12.6. The van der Waals surface area contributed by atoms with E-state index in [0.717, 1.165) is 6.07 Å². The van der Waals surface area contributed by atoms with Crippen molar-refractivity contribution in [1.29, 1.82) is 0 Å². The number of sulfonamides is 1. The zero-order valence-corrected chi connectivity index (χ0v) is 20.6. The Morgan fingerprint density at radius 3 is 2.44 bits per heavy atom. The lowest BCUT2D eigenvalue weighted by atomic mass is 10.1. The summed E-state index contributed by atoms with van der Waals surface area (Å²) in [5.74, 6) is 1.38. The van der Waals surface area contributed by atoms with Crippen molar-refractivity contribution in [3.63, 3.8) is 0 Å². The van der Waals surface area contributed by atoms with E-state index in [1.54, 1.807) is 0 Å². The maximum Gasteiger partial charge on any atom is 0.293 e. The minimum absolute atomic E-state index is 0.0440. The molecule has 1 heterocycles. The Morgan fingerprint density at radius 1 is 1.15 bits per heavy atom. The van der Waals surface area contributed by atoms with E-state index in [0.29, 0.717) is 56.3 Å². The third kappa shape index (κ3) is 6.58. The van der Waals surface area contributed by atoms with Gasteiger partial charge in [0.2, 0.25) is 10.0 Å². The van der Waals surface area contributed by atoms with E-state index in [-0.39, 0.29) is 23.2 Å². The van der Waals surface area contributed by atoms with Gasteiger partial charge in [-0.25, -0.2) is 13.1 Å². The summed E-state index contributed by atoms with van der Waals surface area (Å²) in [6.45, 7) is 4.29. The van der Waals surface area contributed by atoms with Gasteiger partial charge in [-0.15, -0.1) is 0 Å². The van der Waals surface area contributed by atoms with Crippen molar-refractivity contribution in [2.45, 2.75) is 30.8 Å². The molecule has 0 spiro atoms. The number of piperidine rings is 1. The minimum atomic E-state index is -3.84. The van der Waals surface area contributed by atoms with E-state index in [2.05, 4.69) is 4.72 Å². The first-order chi connectivity index (χ1) is 16.2. The Hall–Kier alpha value is -2.89. The average molecular weight is 493 g/mol. The van der Waals surface area contributed by atoms with Crippen LogP contribution in [0.3, 0.4) is 0 Å². The van der Waals surface area contributed by atoms with Crippen molar-refractivity contribution < 1.29 is 22.8 Å². The Morgan fingerprint density at radius 2 is 1.82 bits per heavy atom. The molecule has 3 rings (SSSR count). The SMILES string of the molecule is CCOc1ccccc1OC1CCN(c2ccc(S(=O)(=O)NCCN(C)C)cc2[N+](=O)[O-])CC1. The van der Waals surface area contributed by atoms with Crippen LogP contribution in [-0.4, -0.2) is 71.2 Å². The van der Waals surface area contributed by atoms with Crippen molar-refractivity contribution in [2.24, 2.45) is 0 Å². The summed E-state index contributed by atoms with van der Waals surface area (Å²) < 4.78 is 39.4. The van der Waals surface area contributed by atoms with Crippen molar-refractivity contribution in [1.82, 2.24) is 9.62 Å². The lowest BCUT2D eigenvalue weighted by Gasteiger charge is -2.33. The number of nitro groups is 1. The Kier molecular flexibility index (Phi) is 8.70. The molecule has 0 amide bonds. The molecule has 1 saturated heterocycles. The van der Waals surface area contributed by atoms with Gasteiger partial charge in [-0.3, -0.25) is 10.1 Å². The number of likely N-dealkylation sites (N-methyl/N-ethyl adjacent to an activating group) is 1. The highest BCUT2D eigenvalue weighted by molar-refractivity contribution is 7.89. The van der Waals surface area contributed by atoms with Crippen molar-refractivity contribution in [3.05, 3.63) is 52.6 Å². The molecule has 0 bridgehead atoms. The number of nitrogens with one attached hydrogen (secondary N) is 1. The molecule has 10 nitrogen and oxygen atoms in total. The lowest BCUT2D eigenvalue weighted by Crippen LogP contribution is -2.38. The van der Waals surface area contributed by atoms with Crippen molar-refractivity contribution >= 4 is 21.4 Å². The van der Waals surface area contributed by atoms with Crippen LogP contribution in [0.4, 0.5) is 11.4 Å². The van der Waals surface area contributed by atoms with Gasteiger partial charge in [0.05, 0.1) is 16.4 Å². The Bertz CT molecular complexity index is 1080. The first-order valence-electron chi connectivity index (χ1n) is 11.3. The van der Waals surface area contributed by atoms with Gasteiger partial charge in [-0.2, -0.15) is 0 Å². The molecule has 186 valence electrons. The summed E-state index contributed by atoms with van der Waals surface area (Å²) in [5, 5.41) is 11.8. The maximum absolute atomic E-state index is 12.6. The quantitative estimate of drug-likeness (QED) is 0.376. The van der Waals surface area contributed by atoms with Gasteiger partial charge in [0, 0.05) is 45.1 Å². The first kappa shape index (κ1) is 25.7. The monoisotopic (exact) mass is 492 g/mol. The van der Waals surface area contributed by atoms with Gasteiger partial charge < -0.3 is 19.3 Å². The van der Waals surface area contributed by atoms with Crippen molar-refractivity contribution in [3.8, 4) is 11.5 Å². The van der Waals surface area contributed by atoms with Gasteiger partial charge in [-0.1, -0.05) is 12.1 Å². The fourth-order valence-corrected chi connectivity index (χ4v) is 4.83. The van der Waals surface area contributed by atoms with E-state index in [9.17, 15) is 18.5 Å². The molecule has 0 atom stereocenters. The number of benzene rings is 2. The summed E-state index contributed by atoms with van der Waals surface area (Å²) >= 11 is 0. The number of para-hydroxylation sites is 2. The number of nitrogens with zero attached hydrogens (tertiary/aromatic N) is 3. The molecule has 1 aliphatic heterocycles. The van der Waals surface area contributed by atoms with Crippen LogP contribution < -0.4 is 19.1 Å². The van der Waals surface area contributed by atoms with Crippen LogP contribution in [0.25, 0.3) is 0 Å². The van der Waals surface area contributed by atoms with Gasteiger partial charge in [0.15, 0.2) is 11.5 Å². The molecule has 1 N–H and O–H groups in total. The second-order valence-corrected chi connectivity index (χ2v) is 10.1. The number of nitro benzene ring substituents is 1. The fraction of sp³-hybridized carbons (Fsp3) is 0.478. The van der Waals surface area contributed by atoms with Crippen LogP contribution in [-0.2, 0) is 10.0 Å². The van der Waals surface area contributed by atoms with Gasteiger partial charge in [0.1, 0.15) is 11.8 Å². The first-order valence-corrected chi connectivity index (χ1v) is 12.8. The summed E-state index contributed by atoms with van der Waals surface area (Å²) in [7, 11) is -0.177.